The summed E-state index contributed by atoms with van der Waals surface area (Å²) in [6, 6.07) is 57.9. The van der Waals surface area contributed by atoms with E-state index in [0.717, 1.165) is 69.2 Å². The van der Waals surface area contributed by atoms with Crippen molar-refractivity contribution in [1.29, 1.82) is 0 Å². The Labute approximate surface area is 440 Å². The summed E-state index contributed by atoms with van der Waals surface area (Å²) in [5, 5.41) is 7.34. The summed E-state index contributed by atoms with van der Waals surface area (Å²) in [4.78, 5) is 5.04. The zero-order valence-electron chi connectivity index (χ0n) is 42.6. The average molecular weight is 965 g/mol. The van der Waals surface area contributed by atoms with Crippen LogP contribution in [0.5, 0.6) is 0 Å². The average Bonchev–Trinajstić information content (AvgIpc) is 3.99. The molecule has 13 rings (SSSR count). The van der Waals surface area contributed by atoms with Crippen molar-refractivity contribution in [2.24, 2.45) is 0 Å². The van der Waals surface area contributed by atoms with Crippen molar-refractivity contribution >= 4 is 72.8 Å². The molecule has 2 unspecified atom stereocenters. The van der Waals surface area contributed by atoms with E-state index in [9.17, 15) is 0 Å². The Morgan fingerprint density at radius 2 is 1.39 bits per heavy atom. The van der Waals surface area contributed by atoms with Crippen molar-refractivity contribution in [3.05, 3.63) is 281 Å². The lowest BCUT2D eigenvalue weighted by molar-refractivity contribution is 0.556. The molecule has 0 saturated heterocycles. The summed E-state index contributed by atoms with van der Waals surface area (Å²) in [5.41, 5.74) is 15.7. The van der Waals surface area contributed by atoms with Crippen molar-refractivity contribution in [2.75, 3.05) is 9.80 Å². The minimum absolute atomic E-state index is 0.369. The molecule has 0 fully saturated rings. The first-order valence-corrected chi connectivity index (χ1v) is 26.2. The Bertz CT molecular complexity index is 4120. The van der Waals surface area contributed by atoms with Gasteiger partial charge in [0.05, 0.1) is 27.9 Å². The van der Waals surface area contributed by atoms with Crippen LogP contribution in [0.25, 0.3) is 61.4 Å². The fourth-order valence-corrected chi connectivity index (χ4v) is 13.1. The number of anilines is 4. The summed E-state index contributed by atoms with van der Waals surface area (Å²) < 4.78 is 7.09. The van der Waals surface area contributed by atoms with Crippen LogP contribution in [0.15, 0.2) is 241 Å². The molecule has 0 N–H and O–H groups in total. The molecule has 360 valence electrons. The van der Waals surface area contributed by atoms with Gasteiger partial charge in [-0.3, -0.25) is 0 Å². The highest BCUT2D eigenvalue weighted by Gasteiger charge is 2.56. The molecule has 1 heterocycles. The summed E-state index contributed by atoms with van der Waals surface area (Å²) >= 11 is 0. The molecule has 4 aliphatic rings. The number of rotatable bonds is 10. The van der Waals surface area contributed by atoms with Gasteiger partial charge in [-0.1, -0.05) is 182 Å². The van der Waals surface area contributed by atoms with E-state index in [1.807, 2.05) is 25.2 Å². The normalized spacial score (nSPS) is 18.2. The van der Waals surface area contributed by atoms with E-state index in [2.05, 4.69) is 249 Å². The molecule has 0 saturated carbocycles. The third-order valence-corrected chi connectivity index (χ3v) is 16.1. The monoisotopic (exact) mass is 964 g/mol. The van der Waals surface area contributed by atoms with Gasteiger partial charge in [-0.25, -0.2) is 0 Å². The number of fused-ring (bicyclic) bond motifs is 13. The van der Waals surface area contributed by atoms with E-state index in [-0.39, 0.29) is 5.54 Å². The number of nitrogens with zero attached hydrogens (tertiary/aromatic N) is 2. The predicted octanol–water partition coefficient (Wildman–Crippen LogP) is 18.7. The summed E-state index contributed by atoms with van der Waals surface area (Å²) in [7, 11) is 0. The number of allylic oxidation sites excluding steroid dienone is 10. The van der Waals surface area contributed by atoms with E-state index in [1.54, 1.807) is 0 Å². The topological polar surface area (TPSA) is 19.6 Å². The zero-order valence-corrected chi connectivity index (χ0v) is 42.6. The van der Waals surface area contributed by atoms with Crippen LogP contribution in [0.2, 0.25) is 0 Å². The molecule has 0 aliphatic heterocycles. The van der Waals surface area contributed by atoms with Crippen molar-refractivity contribution in [3.8, 4) is 23.7 Å². The van der Waals surface area contributed by atoms with Crippen molar-refractivity contribution in [2.45, 2.75) is 51.0 Å². The smallest absolute Gasteiger partial charge is 0.143 e. The Balaban J connectivity index is 1.07. The molecular weight excluding hydrogens is 909 g/mol. The number of hydrogen-bond acceptors (Lipinski definition) is 3. The molecule has 1 spiro atoms. The summed E-state index contributed by atoms with van der Waals surface area (Å²) in [5.74, 6) is 4.75. The highest BCUT2D eigenvalue weighted by atomic mass is 16.3. The van der Waals surface area contributed by atoms with E-state index >= 15 is 0 Å². The Kier molecular flexibility index (Phi) is 11.1. The van der Waals surface area contributed by atoms with Gasteiger partial charge in [0.15, 0.2) is 0 Å². The van der Waals surface area contributed by atoms with Gasteiger partial charge in [0.2, 0.25) is 0 Å². The van der Waals surface area contributed by atoms with Gasteiger partial charge in [-0.2, -0.15) is 0 Å². The first-order valence-electron chi connectivity index (χ1n) is 26.2. The van der Waals surface area contributed by atoms with Crippen molar-refractivity contribution < 1.29 is 4.42 Å². The number of hydrogen-bond donors (Lipinski definition) is 0. The van der Waals surface area contributed by atoms with Crippen LogP contribution in [0.4, 0.5) is 22.7 Å². The van der Waals surface area contributed by atoms with E-state index in [1.165, 1.54) is 65.8 Å². The molecule has 0 bridgehead atoms. The van der Waals surface area contributed by atoms with Crippen LogP contribution in [0.1, 0.15) is 78.3 Å². The number of para-hydroxylation sites is 1. The van der Waals surface area contributed by atoms with E-state index in [4.69, 9.17) is 10.8 Å². The molecule has 3 heteroatoms. The van der Waals surface area contributed by atoms with Crippen LogP contribution < -0.4 is 9.80 Å². The first-order chi connectivity index (χ1) is 36.9. The van der Waals surface area contributed by atoms with Crippen LogP contribution in [0, 0.1) is 12.3 Å². The molecule has 8 aromatic carbocycles. The molecule has 0 radical (unpaired) electrons. The van der Waals surface area contributed by atoms with Crippen molar-refractivity contribution in [1.82, 2.24) is 0 Å². The van der Waals surface area contributed by atoms with Gasteiger partial charge in [-0.15, -0.1) is 13.0 Å². The molecule has 1 aromatic heterocycles. The van der Waals surface area contributed by atoms with Gasteiger partial charge >= 0.3 is 0 Å². The fraction of sp³-hybridized carbons (Fsp3) is 0.111. The summed E-state index contributed by atoms with van der Waals surface area (Å²) in [6.07, 6.45) is 35.8. The highest BCUT2D eigenvalue weighted by Crippen LogP contribution is 2.66. The van der Waals surface area contributed by atoms with Crippen LogP contribution in [0.3, 0.4) is 0 Å². The fourth-order valence-electron chi connectivity index (χ4n) is 13.1. The second-order valence-corrected chi connectivity index (χ2v) is 20.3. The van der Waals surface area contributed by atoms with E-state index < -0.39 is 5.41 Å². The zero-order chi connectivity index (χ0) is 50.8. The lowest BCUT2D eigenvalue weighted by Gasteiger charge is -2.43. The Hall–Kier alpha value is -9.10. The molecular formula is C72H56N2O. The minimum Gasteiger partial charge on any atom is -0.455 e. The van der Waals surface area contributed by atoms with Gasteiger partial charge in [0, 0.05) is 39.1 Å². The third kappa shape index (κ3) is 6.90. The van der Waals surface area contributed by atoms with Gasteiger partial charge < -0.3 is 14.2 Å². The van der Waals surface area contributed by atoms with Crippen LogP contribution in [-0.2, 0) is 11.8 Å². The lowest BCUT2D eigenvalue weighted by atomic mass is 9.68. The maximum absolute atomic E-state index is 7.09. The third-order valence-electron chi connectivity index (χ3n) is 16.1. The summed E-state index contributed by atoms with van der Waals surface area (Å²) in [6.45, 7) is 10.7. The second kappa shape index (κ2) is 18.1. The Morgan fingerprint density at radius 1 is 0.680 bits per heavy atom. The first kappa shape index (κ1) is 45.7. The second-order valence-electron chi connectivity index (χ2n) is 20.3. The van der Waals surface area contributed by atoms with Crippen LogP contribution in [-0.4, -0.2) is 5.54 Å². The maximum atomic E-state index is 7.09. The quantitative estimate of drug-likeness (QED) is 0.0774. The molecule has 4 aliphatic carbocycles. The maximum Gasteiger partial charge on any atom is 0.143 e. The minimum atomic E-state index is -0.794. The van der Waals surface area contributed by atoms with Gasteiger partial charge in [-0.05, 0) is 155 Å². The lowest BCUT2D eigenvalue weighted by Crippen LogP contribution is -2.44. The number of terminal acetylenes is 1. The van der Waals surface area contributed by atoms with Crippen molar-refractivity contribution in [3.63, 3.8) is 0 Å². The van der Waals surface area contributed by atoms with Crippen LogP contribution >= 0.6 is 0 Å². The molecule has 0 amide bonds. The predicted molar refractivity (Wildman–Crippen MR) is 318 cm³/mol. The standard InChI is InChI=1S/C72H56N2O/c1-6-24-56-54-31-16-14-27-48(54)45-66(60(56)25-7-2)73(50-29-12-10-13-30-50)52-38-41-62-65(47-52)72(69-53(9-4)68(26-8-3)75-70(62)69)63-36-21-20-34-58(63)59-40-37-51(39-42-64(59)72)74(71(5)43-22-11-23-44-71)67-46-49-28-15-17-32-55(49)57-33-18-19-35-61(57)67/h4,6-8,10-23,25-41,43,45-47H,1,24,42,44H2,2-3,5H3/b25-7-,26-8-. The SMILES string of the molecule is C#Cc1c(/C=C\C)oc2c1C1(C3=C(C=CC(N(c4cc5ccccc5c5ccccc45)C4(C)C=CC=CC4)=CC3)c3ccccc31)c1cc(N(c3ccccc3)c3cc4ccccc4c(CC=C)c3/C=C\C)ccc1-2. The number of furan rings is 1. The number of benzene rings is 8. The molecule has 3 nitrogen and oxygen atoms in total. The van der Waals surface area contributed by atoms with E-state index in [0.29, 0.717) is 12.2 Å². The largest absolute Gasteiger partial charge is 0.455 e. The highest BCUT2D eigenvalue weighted by molar-refractivity contribution is 6.14. The van der Waals surface area contributed by atoms with Gasteiger partial charge in [0.1, 0.15) is 11.5 Å². The Morgan fingerprint density at radius 3 is 2.15 bits per heavy atom. The van der Waals surface area contributed by atoms with Gasteiger partial charge in [0.25, 0.3) is 0 Å². The molecule has 2 atom stereocenters. The molecule has 75 heavy (non-hydrogen) atoms. The molecule has 9 aromatic rings.